The maximum atomic E-state index is 15.2. The van der Waals surface area contributed by atoms with Crippen molar-refractivity contribution < 1.29 is 28.5 Å². The zero-order chi connectivity index (χ0) is 29.7. The predicted octanol–water partition coefficient (Wildman–Crippen LogP) is 5.83. The molecule has 0 aliphatic carbocycles. The lowest BCUT2D eigenvalue weighted by atomic mass is 9.85. The van der Waals surface area contributed by atoms with E-state index >= 15 is 4.39 Å². The lowest BCUT2D eigenvalue weighted by Crippen LogP contribution is -2.43. The van der Waals surface area contributed by atoms with Gasteiger partial charge in [-0.3, -0.25) is 4.90 Å². The van der Waals surface area contributed by atoms with Crippen LogP contribution in [0.15, 0.2) is 48.5 Å². The maximum absolute atomic E-state index is 15.2. The summed E-state index contributed by atoms with van der Waals surface area (Å²) in [4.78, 5) is 19.8. The summed E-state index contributed by atoms with van der Waals surface area (Å²) in [5.74, 6) is -1.03. The Labute approximate surface area is 252 Å². The second-order valence-electron chi connectivity index (χ2n) is 11.6. The summed E-state index contributed by atoms with van der Waals surface area (Å²) in [5.41, 5.74) is 2.31. The quantitative estimate of drug-likeness (QED) is 0.281. The number of nitrogens with zero attached hydrogens (tertiary/aromatic N) is 4. The molecule has 2 aromatic carbocycles. The van der Waals surface area contributed by atoms with Crippen molar-refractivity contribution in [2.75, 3.05) is 19.7 Å². The van der Waals surface area contributed by atoms with E-state index < -0.39 is 17.6 Å². The number of carboxylic acids is 1. The number of fused-ring (bicyclic) bond motifs is 2. The molecule has 0 bridgehead atoms. The molecule has 2 fully saturated rings. The fourth-order valence-corrected chi connectivity index (χ4v) is 7.30. The molecule has 2 saturated heterocycles. The minimum Gasteiger partial charge on any atom is -0.477 e. The van der Waals surface area contributed by atoms with Gasteiger partial charge in [0.2, 0.25) is 5.79 Å². The molecule has 3 atom stereocenters. The molecule has 7 rings (SSSR count). The van der Waals surface area contributed by atoms with Crippen LogP contribution in [0.25, 0.3) is 10.3 Å². The Morgan fingerprint density at radius 3 is 2.70 bits per heavy atom. The molecule has 0 spiro atoms. The molecule has 2 aromatic heterocycles. The van der Waals surface area contributed by atoms with Crippen molar-refractivity contribution in [3.63, 3.8) is 0 Å². The number of hydrogen-bond donors (Lipinski definition) is 1. The normalized spacial score (nSPS) is 24.2. The van der Waals surface area contributed by atoms with E-state index in [1.807, 2.05) is 30.3 Å². The molecular weight excluding hydrogens is 571 g/mol. The van der Waals surface area contributed by atoms with Gasteiger partial charge in [-0.2, -0.15) is 5.26 Å². The van der Waals surface area contributed by atoms with Crippen LogP contribution >= 0.6 is 11.3 Å². The highest BCUT2D eigenvalue weighted by Gasteiger charge is 2.44. The summed E-state index contributed by atoms with van der Waals surface area (Å²) >= 11 is 1.21. The van der Waals surface area contributed by atoms with Crippen molar-refractivity contribution in [2.24, 2.45) is 5.92 Å². The lowest BCUT2D eigenvalue weighted by molar-refractivity contribution is -0.243. The van der Waals surface area contributed by atoms with Crippen LogP contribution in [0.2, 0.25) is 0 Å². The second kappa shape index (κ2) is 11.0. The number of ether oxygens (including phenoxy) is 3. The summed E-state index contributed by atoms with van der Waals surface area (Å²) in [6, 6.07) is 15.8. The topological polar surface area (TPSA) is 110 Å². The van der Waals surface area contributed by atoms with E-state index in [0.29, 0.717) is 18.8 Å². The number of likely N-dealkylation sites (tertiary alicyclic amines) is 1. The fourth-order valence-electron chi connectivity index (χ4n) is 6.41. The number of aromatic carboxylic acids is 1. The number of thiophene rings is 1. The Balaban J connectivity index is 1.10. The summed E-state index contributed by atoms with van der Waals surface area (Å²) in [6.45, 7) is 5.47. The van der Waals surface area contributed by atoms with Crippen LogP contribution in [0.3, 0.4) is 0 Å². The van der Waals surface area contributed by atoms with Gasteiger partial charge in [0.25, 0.3) is 0 Å². The van der Waals surface area contributed by atoms with Gasteiger partial charge in [-0.1, -0.05) is 18.2 Å². The summed E-state index contributed by atoms with van der Waals surface area (Å²) in [5, 5.41) is 18.7. The van der Waals surface area contributed by atoms with Crippen LogP contribution in [0.1, 0.15) is 64.5 Å². The molecule has 0 amide bonds. The second-order valence-corrected chi connectivity index (χ2v) is 12.6. The van der Waals surface area contributed by atoms with Crippen LogP contribution < -0.4 is 4.74 Å². The Bertz CT molecular complexity index is 1740. The number of nitriles is 1. The van der Waals surface area contributed by atoms with Crippen LogP contribution in [0.4, 0.5) is 4.39 Å². The molecule has 1 unspecified atom stereocenters. The summed E-state index contributed by atoms with van der Waals surface area (Å²) < 4.78 is 35.9. The van der Waals surface area contributed by atoms with Crippen LogP contribution in [0.5, 0.6) is 5.75 Å². The van der Waals surface area contributed by atoms with E-state index in [1.54, 1.807) is 25.1 Å². The smallest absolute Gasteiger partial charge is 0.346 e. The minimum atomic E-state index is -1.34. The molecule has 0 radical (unpaired) electrons. The first-order chi connectivity index (χ1) is 20.8. The first-order valence-corrected chi connectivity index (χ1v) is 15.3. The van der Waals surface area contributed by atoms with Gasteiger partial charge in [-0.25, -0.2) is 14.2 Å². The Morgan fingerprint density at radius 1 is 1.21 bits per heavy atom. The van der Waals surface area contributed by atoms with Gasteiger partial charge in [0.1, 0.15) is 27.1 Å². The first kappa shape index (κ1) is 28.0. The van der Waals surface area contributed by atoms with Crippen molar-refractivity contribution in [1.82, 2.24) is 14.5 Å². The number of halogens is 1. The van der Waals surface area contributed by atoms with Gasteiger partial charge in [-0.05, 0) is 68.6 Å². The minimum absolute atomic E-state index is 0.121. The average molecular weight is 603 g/mol. The molecule has 5 heterocycles. The monoisotopic (exact) mass is 602 g/mol. The average Bonchev–Trinajstić information content (AvgIpc) is 3.53. The number of piperidine rings is 1. The van der Waals surface area contributed by atoms with Crippen molar-refractivity contribution in [3.8, 4) is 11.8 Å². The van der Waals surface area contributed by atoms with Gasteiger partial charge >= 0.3 is 5.97 Å². The SMILES string of the molecule is C[C@@]1(c2ccc(C#N)cc2F)Oc2ccccc2C(C2CCN(Cc3nc4sc(C(=O)O)cc4n3C[C@@H]3CCO3)CC2)O1. The zero-order valence-electron chi connectivity index (χ0n) is 23.7. The highest BCUT2D eigenvalue weighted by atomic mass is 32.1. The molecule has 3 aliphatic heterocycles. The van der Waals surface area contributed by atoms with Gasteiger partial charge in [0.15, 0.2) is 0 Å². The van der Waals surface area contributed by atoms with Gasteiger partial charge < -0.3 is 23.9 Å². The fraction of sp³-hybridized carbons (Fsp3) is 0.406. The number of carboxylic acid groups (broad SMARTS) is 1. The molecule has 0 saturated carbocycles. The van der Waals surface area contributed by atoms with Crippen molar-refractivity contribution >= 4 is 27.7 Å². The highest BCUT2D eigenvalue weighted by Crippen LogP contribution is 2.48. The third kappa shape index (κ3) is 5.18. The van der Waals surface area contributed by atoms with E-state index in [4.69, 9.17) is 19.2 Å². The van der Waals surface area contributed by atoms with E-state index in [2.05, 4.69) is 9.47 Å². The molecule has 11 heteroatoms. The number of imidazole rings is 1. The Hall–Kier alpha value is -3.82. The van der Waals surface area contributed by atoms with Crippen LogP contribution in [-0.2, 0) is 28.4 Å². The number of para-hydroxylation sites is 1. The third-order valence-corrected chi connectivity index (χ3v) is 9.82. The van der Waals surface area contributed by atoms with Gasteiger partial charge in [-0.15, -0.1) is 11.3 Å². The molecule has 222 valence electrons. The molecule has 4 aromatic rings. The number of rotatable bonds is 7. The van der Waals surface area contributed by atoms with E-state index in [-0.39, 0.29) is 34.1 Å². The number of carbonyl (C=O) groups is 1. The van der Waals surface area contributed by atoms with E-state index in [0.717, 1.165) is 60.7 Å². The Kier molecular flexibility index (Phi) is 7.18. The van der Waals surface area contributed by atoms with E-state index in [1.165, 1.54) is 17.4 Å². The summed E-state index contributed by atoms with van der Waals surface area (Å²) in [7, 11) is 0. The van der Waals surface area contributed by atoms with Crippen molar-refractivity contribution in [1.29, 1.82) is 5.26 Å². The zero-order valence-corrected chi connectivity index (χ0v) is 24.5. The Morgan fingerprint density at radius 2 is 2.00 bits per heavy atom. The summed E-state index contributed by atoms with van der Waals surface area (Å²) in [6.07, 6.45) is 2.56. The number of benzene rings is 2. The molecular formula is C32H31FN4O5S. The largest absolute Gasteiger partial charge is 0.477 e. The first-order valence-electron chi connectivity index (χ1n) is 14.5. The predicted molar refractivity (Wildman–Crippen MR) is 156 cm³/mol. The number of aromatic nitrogens is 2. The van der Waals surface area contributed by atoms with Crippen molar-refractivity contribution in [2.45, 2.75) is 57.3 Å². The molecule has 43 heavy (non-hydrogen) atoms. The number of hydrogen-bond acceptors (Lipinski definition) is 8. The van der Waals surface area contributed by atoms with Crippen LogP contribution in [0, 0.1) is 23.1 Å². The van der Waals surface area contributed by atoms with Crippen molar-refractivity contribution in [3.05, 3.63) is 81.7 Å². The molecule has 3 aliphatic rings. The third-order valence-electron chi connectivity index (χ3n) is 8.81. The van der Waals surface area contributed by atoms with Gasteiger partial charge in [0, 0.05) is 19.1 Å². The highest BCUT2D eigenvalue weighted by molar-refractivity contribution is 7.20. The maximum Gasteiger partial charge on any atom is 0.346 e. The molecule has 1 N–H and O–H groups in total. The van der Waals surface area contributed by atoms with Gasteiger partial charge in [0.05, 0.1) is 48.0 Å². The lowest BCUT2D eigenvalue weighted by Gasteiger charge is -2.44. The molecule has 9 nitrogen and oxygen atoms in total. The standard InChI is InChI=1S/C32H31FN4O5S/c1-32(23-7-6-19(16-34)14-24(23)33)41-26-5-3-2-4-22(26)29(42-32)20-8-11-36(12-9-20)18-28-35-30-25(15-27(43-30)31(38)39)37(28)17-21-10-13-40-21/h2-7,14-15,20-21,29H,8-13,17-18H2,1H3,(H,38,39)/t21-,29?,32+/m0/s1. The van der Waals surface area contributed by atoms with E-state index in [9.17, 15) is 15.2 Å². The van der Waals surface area contributed by atoms with Crippen LogP contribution in [-0.4, -0.2) is 51.3 Å².